The number of carbonyl (C=O) groups excluding carboxylic acids is 2. The molecule has 0 fully saturated rings. The summed E-state index contributed by atoms with van der Waals surface area (Å²) in [6, 6.07) is 7.60. The van der Waals surface area contributed by atoms with Gasteiger partial charge in [-0.1, -0.05) is 15.9 Å². The second-order valence-corrected chi connectivity index (χ2v) is 8.05. The lowest BCUT2D eigenvalue weighted by molar-refractivity contribution is 0.100. The number of nitrogens with zero attached hydrogens (tertiary/aromatic N) is 2. The number of carbonyl (C=O) groups is 2. The average molecular weight is 463 g/mol. The van der Waals surface area contributed by atoms with Crippen LogP contribution < -0.4 is 16.6 Å². The minimum absolute atomic E-state index is 0.205. The van der Waals surface area contributed by atoms with Crippen LogP contribution in [0, 0.1) is 13.8 Å². The van der Waals surface area contributed by atoms with Gasteiger partial charge in [0.25, 0.3) is 17.4 Å². The lowest BCUT2D eigenvalue weighted by Crippen LogP contribution is -2.25. The minimum Gasteiger partial charge on any atom is -0.505 e. The van der Waals surface area contributed by atoms with Crippen LogP contribution in [-0.4, -0.2) is 26.7 Å². The van der Waals surface area contributed by atoms with Gasteiger partial charge in [-0.3, -0.25) is 14.4 Å². The topological polar surface area (TPSA) is 127 Å². The van der Waals surface area contributed by atoms with E-state index in [1.54, 1.807) is 38.1 Å². The molecule has 0 saturated heterocycles. The van der Waals surface area contributed by atoms with E-state index in [0.29, 0.717) is 11.3 Å². The van der Waals surface area contributed by atoms with Gasteiger partial charge < -0.3 is 16.2 Å². The number of nitrogens with two attached hydrogens (primary N) is 1. The number of amides is 2. The van der Waals surface area contributed by atoms with Gasteiger partial charge in [-0.2, -0.15) is 9.78 Å². The van der Waals surface area contributed by atoms with Gasteiger partial charge in [0.2, 0.25) is 0 Å². The van der Waals surface area contributed by atoms with Gasteiger partial charge >= 0.3 is 0 Å². The molecule has 0 aliphatic rings. The number of thiophene rings is 1. The van der Waals surface area contributed by atoms with Crippen molar-refractivity contribution in [3.8, 4) is 11.4 Å². The molecule has 3 aromatic rings. The van der Waals surface area contributed by atoms with Crippen molar-refractivity contribution in [2.45, 2.75) is 13.8 Å². The van der Waals surface area contributed by atoms with E-state index in [-0.39, 0.29) is 16.3 Å². The Balaban J connectivity index is 2.02. The summed E-state index contributed by atoms with van der Waals surface area (Å²) in [5.74, 6) is -2.01. The minimum atomic E-state index is -0.771. The first-order valence-electron chi connectivity index (χ1n) is 7.99. The van der Waals surface area contributed by atoms with Crippen molar-refractivity contribution in [3.63, 3.8) is 0 Å². The second kappa shape index (κ2) is 7.56. The largest absolute Gasteiger partial charge is 0.505 e. The summed E-state index contributed by atoms with van der Waals surface area (Å²) in [5.41, 5.74) is 5.74. The molecule has 2 heterocycles. The Labute approximate surface area is 171 Å². The van der Waals surface area contributed by atoms with E-state index in [1.165, 1.54) is 11.3 Å². The molecule has 2 amide bonds. The van der Waals surface area contributed by atoms with Gasteiger partial charge in [-0.15, -0.1) is 11.3 Å². The highest BCUT2D eigenvalue weighted by molar-refractivity contribution is 9.10. The summed E-state index contributed by atoms with van der Waals surface area (Å²) in [5, 5.41) is 16.9. The van der Waals surface area contributed by atoms with Crippen LogP contribution in [0.15, 0.2) is 39.6 Å². The Bertz CT molecular complexity index is 1150. The number of aryl methyl sites for hydroxylation is 1. The monoisotopic (exact) mass is 462 g/mol. The molecule has 0 radical (unpaired) electrons. The molecule has 2 aromatic heterocycles. The van der Waals surface area contributed by atoms with Crippen LogP contribution >= 0.6 is 27.3 Å². The molecule has 3 rings (SSSR count). The normalized spacial score (nSPS) is 10.7. The third-order valence-corrected chi connectivity index (χ3v) is 5.71. The van der Waals surface area contributed by atoms with E-state index >= 15 is 0 Å². The van der Waals surface area contributed by atoms with E-state index in [4.69, 9.17) is 5.73 Å². The van der Waals surface area contributed by atoms with Gasteiger partial charge in [0, 0.05) is 15.4 Å². The average Bonchev–Trinajstić information content (AvgIpc) is 2.89. The van der Waals surface area contributed by atoms with Gasteiger partial charge in [0.05, 0.1) is 11.3 Å². The van der Waals surface area contributed by atoms with Crippen molar-refractivity contribution in [1.29, 1.82) is 0 Å². The van der Waals surface area contributed by atoms with Gasteiger partial charge in [0.1, 0.15) is 5.00 Å². The molecule has 10 heteroatoms. The highest BCUT2D eigenvalue weighted by Crippen LogP contribution is 2.32. The summed E-state index contributed by atoms with van der Waals surface area (Å²) >= 11 is 4.49. The number of anilines is 1. The van der Waals surface area contributed by atoms with Gasteiger partial charge in [-0.05, 0) is 43.7 Å². The zero-order valence-corrected chi connectivity index (χ0v) is 17.2. The molecule has 1 aromatic carbocycles. The van der Waals surface area contributed by atoms with E-state index < -0.39 is 23.1 Å². The lowest BCUT2D eigenvalue weighted by atomic mass is 10.1. The molecule has 0 aliphatic carbocycles. The lowest BCUT2D eigenvalue weighted by Gasteiger charge is -2.09. The third-order valence-electron chi connectivity index (χ3n) is 4.06. The summed E-state index contributed by atoms with van der Waals surface area (Å²) in [4.78, 5) is 37.4. The van der Waals surface area contributed by atoms with Crippen LogP contribution in [-0.2, 0) is 0 Å². The number of halogens is 1. The molecular formula is C18H15BrN4O4S. The number of nitrogens with one attached hydrogen (secondary N) is 1. The standard InChI is InChI=1S/C18H15BrN4O4S/c1-8-9(2)28-18(14(8)16(20)26)21-17(27)15-12(24)7-13(25)23(22-15)11-5-3-10(19)4-6-11/h3-7,24H,1-2H3,(H2,20,26)(H,21,27). The van der Waals surface area contributed by atoms with Crippen LogP contribution in [0.5, 0.6) is 5.75 Å². The second-order valence-electron chi connectivity index (χ2n) is 5.91. The molecule has 0 atom stereocenters. The molecule has 0 aliphatic heterocycles. The fraction of sp³-hybridized carbons (Fsp3) is 0.111. The van der Waals surface area contributed by atoms with Crippen LogP contribution in [0.2, 0.25) is 0 Å². The Morgan fingerprint density at radius 1 is 1.25 bits per heavy atom. The van der Waals surface area contributed by atoms with E-state index in [2.05, 4.69) is 26.3 Å². The maximum absolute atomic E-state index is 12.7. The first-order valence-corrected chi connectivity index (χ1v) is 9.60. The summed E-state index contributed by atoms with van der Waals surface area (Å²) in [7, 11) is 0. The Kier molecular flexibility index (Phi) is 5.34. The molecule has 0 saturated carbocycles. The van der Waals surface area contributed by atoms with Crippen LogP contribution in [0.1, 0.15) is 31.3 Å². The first-order chi connectivity index (χ1) is 13.2. The van der Waals surface area contributed by atoms with Crippen LogP contribution in [0.3, 0.4) is 0 Å². The van der Waals surface area contributed by atoms with Crippen LogP contribution in [0.4, 0.5) is 5.00 Å². The number of hydrogen-bond donors (Lipinski definition) is 3. The van der Waals surface area contributed by atoms with Crippen molar-refractivity contribution < 1.29 is 14.7 Å². The number of hydrogen-bond acceptors (Lipinski definition) is 6. The summed E-state index contributed by atoms with van der Waals surface area (Å²) in [6.07, 6.45) is 0. The fourth-order valence-corrected chi connectivity index (χ4v) is 3.88. The van der Waals surface area contributed by atoms with Crippen LogP contribution in [0.25, 0.3) is 5.69 Å². The number of aromatic nitrogens is 2. The molecular weight excluding hydrogens is 448 g/mol. The molecule has 0 spiro atoms. The Hall–Kier alpha value is -2.98. The SMILES string of the molecule is Cc1sc(NC(=O)c2nn(-c3ccc(Br)cc3)c(=O)cc2O)c(C(N)=O)c1C. The van der Waals surface area contributed by atoms with Gasteiger partial charge in [0.15, 0.2) is 11.4 Å². The molecule has 4 N–H and O–H groups in total. The predicted octanol–water partition coefficient (Wildman–Crippen LogP) is 2.73. The van der Waals surface area contributed by atoms with Crippen molar-refractivity contribution in [1.82, 2.24) is 9.78 Å². The van der Waals surface area contributed by atoms with Gasteiger partial charge in [-0.25, -0.2) is 0 Å². The molecule has 8 nitrogen and oxygen atoms in total. The van der Waals surface area contributed by atoms with Crippen molar-refractivity contribution in [2.24, 2.45) is 5.73 Å². The summed E-state index contributed by atoms with van der Waals surface area (Å²) < 4.78 is 1.81. The number of benzene rings is 1. The van der Waals surface area contributed by atoms with Crippen molar-refractivity contribution in [2.75, 3.05) is 5.32 Å². The maximum Gasteiger partial charge on any atom is 0.280 e. The highest BCUT2D eigenvalue weighted by Gasteiger charge is 2.22. The zero-order chi connectivity index (χ0) is 20.6. The van der Waals surface area contributed by atoms with E-state index in [1.807, 2.05) is 0 Å². The Morgan fingerprint density at radius 3 is 2.50 bits per heavy atom. The maximum atomic E-state index is 12.7. The predicted molar refractivity (Wildman–Crippen MR) is 109 cm³/mol. The molecule has 28 heavy (non-hydrogen) atoms. The molecule has 0 bridgehead atoms. The number of aromatic hydroxyl groups is 1. The zero-order valence-electron chi connectivity index (χ0n) is 14.8. The number of rotatable bonds is 4. The number of primary amides is 1. The molecule has 0 unspecified atom stereocenters. The fourth-order valence-electron chi connectivity index (χ4n) is 2.55. The Morgan fingerprint density at radius 2 is 1.89 bits per heavy atom. The molecule has 144 valence electrons. The first kappa shape index (κ1) is 19.8. The van der Waals surface area contributed by atoms with Crippen molar-refractivity contribution in [3.05, 3.63) is 66.9 Å². The van der Waals surface area contributed by atoms with Crippen molar-refractivity contribution >= 4 is 44.1 Å². The quantitative estimate of drug-likeness (QED) is 0.549. The highest BCUT2D eigenvalue weighted by atomic mass is 79.9. The smallest absolute Gasteiger partial charge is 0.280 e. The third kappa shape index (κ3) is 3.69. The van der Waals surface area contributed by atoms with E-state index in [0.717, 1.165) is 20.1 Å². The summed E-state index contributed by atoms with van der Waals surface area (Å²) in [6.45, 7) is 3.52. The van der Waals surface area contributed by atoms with E-state index in [9.17, 15) is 19.5 Å².